The molecule has 0 aromatic carbocycles. The number of hydrogen-bond acceptors (Lipinski definition) is 5. The SMILES string of the molecule is Cn1cc(S(=O)(=O)N2CCN(C(=O)Cn3nc(C(F)F)c(Cl)c3C(F)F)CC2)cn1. The molecule has 0 N–H and O–H groups in total. The zero-order chi connectivity index (χ0) is 22.2. The smallest absolute Gasteiger partial charge is 0.283 e. The maximum atomic E-state index is 13.2. The summed E-state index contributed by atoms with van der Waals surface area (Å²) >= 11 is 5.57. The summed E-state index contributed by atoms with van der Waals surface area (Å²) in [6, 6.07) is 0. The normalized spacial score (nSPS) is 16.1. The van der Waals surface area contributed by atoms with Crippen LogP contribution in [-0.4, -0.2) is 69.3 Å². The fourth-order valence-electron chi connectivity index (χ4n) is 3.03. The Kier molecular flexibility index (Phi) is 6.38. The molecule has 0 atom stereocenters. The number of halogens is 5. The van der Waals surface area contributed by atoms with E-state index < -0.39 is 51.7 Å². The Balaban J connectivity index is 1.69. The highest BCUT2D eigenvalue weighted by Gasteiger charge is 2.33. The number of aryl methyl sites for hydroxylation is 1. The third kappa shape index (κ3) is 4.30. The van der Waals surface area contributed by atoms with Gasteiger partial charge in [0.15, 0.2) is 0 Å². The summed E-state index contributed by atoms with van der Waals surface area (Å²) in [5.41, 5.74) is -1.98. The molecule has 1 saturated heterocycles. The molecule has 3 rings (SSSR count). The van der Waals surface area contributed by atoms with E-state index >= 15 is 0 Å². The number of alkyl halides is 4. The predicted octanol–water partition coefficient (Wildman–Crippen LogP) is 1.68. The van der Waals surface area contributed by atoms with E-state index in [2.05, 4.69) is 10.2 Å². The van der Waals surface area contributed by atoms with Gasteiger partial charge in [-0.1, -0.05) is 11.6 Å². The molecular weight excluding hydrogens is 456 g/mol. The first kappa shape index (κ1) is 22.5. The molecule has 0 unspecified atom stereocenters. The van der Waals surface area contributed by atoms with Crippen LogP contribution in [0, 0.1) is 0 Å². The van der Waals surface area contributed by atoms with Gasteiger partial charge in [0, 0.05) is 39.4 Å². The number of aromatic nitrogens is 4. The van der Waals surface area contributed by atoms with Crippen molar-refractivity contribution in [3.63, 3.8) is 0 Å². The van der Waals surface area contributed by atoms with Gasteiger partial charge < -0.3 is 4.90 Å². The second-order valence-electron chi connectivity index (χ2n) is 6.48. The summed E-state index contributed by atoms with van der Waals surface area (Å²) in [4.78, 5) is 13.7. The van der Waals surface area contributed by atoms with Gasteiger partial charge in [-0.25, -0.2) is 26.0 Å². The van der Waals surface area contributed by atoms with Gasteiger partial charge in [-0.2, -0.15) is 14.5 Å². The average Bonchev–Trinajstić information content (AvgIpc) is 3.25. The van der Waals surface area contributed by atoms with Crippen LogP contribution in [0.1, 0.15) is 24.2 Å². The molecule has 1 amide bonds. The first-order valence-electron chi connectivity index (χ1n) is 8.61. The lowest BCUT2D eigenvalue weighted by Crippen LogP contribution is -2.51. The lowest BCUT2D eigenvalue weighted by Gasteiger charge is -2.33. The topological polar surface area (TPSA) is 93.3 Å². The lowest BCUT2D eigenvalue weighted by atomic mass is 10.3. The van der Waals surface area contributed by atoms with E-state index in [1.54, 1.807) is 7.05 Å². The zero-order valence-electron chi connectivity index (χ0n) is 15.6. The maximum Gasteiger partial charge on any atom is 0.283 e. The van der Waals surface area contributed by atoms with Crippen LogP contribution < -0.4 is 0 Å². The van der Waals surface area contributed by atoms with Gasteiger partial charge in [0.05, 0.1) is 11.2 Å². The second-order valence-corrected chi connectivity index (χ2v) is 8.79. The van der Waals surface area contributed by atoms with Crippen LogP contribution in [-0.2, 0) is 28.4 Å². The third-order valence-electron chi connectivity index (χ3n) is 4.57. The monoisotopic (exact) mass is 472 g/mol. The van der Waals surface area contributed by atoms with Crippen LogP contribution in [0.15, 0.2) is 17.3 Å². The summed E-state index contributed by atoms with van der Waals surface area (Å²) in [6.45, 7) is -0.765. The lowest BCUT2D eigenvalue weighted by molar-refractivity contribution is -0.133. The number of piperazine rings is 1. The van der Waals surface area contributed by atoms with E-state index in [-0.39, 0.29) is 31.1 Å². The largest absolute Gasteiger partial charge is 0.338 e. The van der Waals surface area contributed by atoms with Crippen molar-refractivity contribution < 1.29 is 30.8 Å². The standard InChI is InChI=1S/C15H17ClF4N6O3S/c1-23-7-9(6-21-23)30(28,29)25-4-2-24(3-5-25)10(27)8-26-13(15(19)20)11(16)12(22-26)14(17)18/h6-7,14-15H,2-5,8H2,1H3. The van der Waals surface area contributed by atoms with Gasteiger partial charge in [0.25, 0.3) is 12.9 Å². The van der Waals surface area contributed by atoms with Crippen molar-refractivity contribution >= 4 is 27.5 Å². The molecule has 1 fully saturated rings. The molecular formula is C15H17ClF4N6O3S. The van der Waals surface area contributed by atoms with Gasteiger partial charge >= 0.3 is 0 Å². The van der Waals surface area contributed by atoms with Gasteiger partial charge in [-0.15, -0.1) is 0 Å². The Morgan fingerprint density at radius 1 is 1.17 bits per heavy atom. The van der Waals surface area contributed by atoms with Crippen LogP contribution in [0.5, 0.6) is 0 Å². The number of sulfonamides is 1. The summed E-state index contributed by atoms with van der Waals surface area (Å²) < 4.78 is 80.4. The molecule has 2 aromatic heterocycles. The van der Waals surface area contributed by atoms with Crippen LogP contribution in [0.25, 0.3) is 0 Å². The highest BCUT2D eigenvalue weighted by atomic mass is 35.5. The fraction of sp³-hybridized carbons (Fsp3) is 0.533. The molecule has 30 heavy (non-hydrogen) atoms. The molecule has 1 aliphatic rings. The minimum absolute atomic E-state index is 0.000950. The van der Waals surface area contributed by atoms with Crippen molar-refractivity contribution in [2.24, 2.45) is 7.05 Å². The molecule has 9 nitrogen and oxygen atoms in total. The fourth-order valence-corrected chi connectivity index (χ4v) is 4.74. The molecule has 0 spiro atoms. The zero-order valence-corrected chi connectivity index (χ0v) is 17.1. The molecule has 1 aliphatic heterocycles. The number of rotatable bonds is 6. The maximum absolute atomic E-state index is 13.2. The molecule has 3 heterocycles. The molecule has 0 aliphatic carbocycles. The van der Waals surface area contributed by atoms with Gasteiger partial charge in [-0.05, 0) is 0 Å². The Morgan fingerprint density at radius 3 is 2.30 bits per heavy atom. The van der Waals surface area contributed by atoms with E-state index in [4.69, 9.17) is 11.6 Å². The van der Waals surface area contributed by atoms with Crippen LogP contribution in [0.2, 0.25) is 5.02 Å². The van der Waals surface area contributed by atoms with Crippen molar-refractivity contribution in [2.45, 2.75) is 24.3 Å². The summed E-state index contributed by atoms with van der Waals surface area (Å²) in [7, 11) is -2.21. The van der Waals surface area contributed by atoms with Crippen molar-refractivity contribution in [3.05, 3.63) is 28.8 Å². The van der Waals surface area contributed by atoms with Crippen LogP contribution in [0.3, 0.4) is 0 Å². The van der Waals surface area contributed by atoms with Crippen molar-refractivity contribution in [2.75, 3.05) is 26.2 Å². The van der Waals surface area contributed by atoms with E-state index in [9.17, 15) is 30.8 Å². The second kappa shape index (κ2) is 8.51. The van der Waals surface area contributed by atoms with Crippen LogP contribution in [0.4, 0.5) is 17.6 Å². The minimum atomic E-state index is -3.78. The summed E-state index contributed by atoms with van der Waals surface area (Å²) in [5.74, 6) is -0.671. The highest BCUT2D eigenvalue weighted by Crippen LogP contribution is 2.34. The Bertz CT molecular complexity index is 1030. The molecule has 15 heteroatoms. The van der Waals surface area contributed by atoms with Gasteiger partial charge in [-0.3, -0.25) is 14.2 Å². The summed E-state index contributed by atoms with van der Waals surface area (Å²) in [6.07, 6.45) is -3.82. The molecule has 2 aromatic rings. The number of nitrogens with zero attached hydrogens (tertiary/aromatic N) is 6. The van der Waals surface area contributed by atoms with Gasteiger partial charge in [0.2, 0.25) is 15.9 Å². The Morgan fingerprint density at radius 2 is 1.80 bits per heavy atom. The molecule has 0 saturated carbocycles. The quantitative estimate of drug-likeness (QED) is 0.596. The van der Waals surface area contributed by atoms with Crippen molar-refractivity contribution in [1.29, 1.82) is 0 Å². The predicted molar refractivity (Wildman–Crippen MR) is 95.7 cm³/mol. The van der Waals surface area contributed by atoms with Crippen LogP contribution >= 0.6 is 11.6 Å². The van der Waals surface area contributed by atoms with E-state index in [1.165, 1.54) is 26.3 Å². The Labute approximate surface area is 173 Å². The Hall–Kier alpha value is -2.19. The highest BCUT2D eigenvalue weighted by molar-refractivity contribution is 7.89. The average molecular weight is 473 g/mol. The summed E-state index contributed by atoms with van der Waals surface area (Å²) in [5, 5.41) is 6.30. The molecule has 0 radical (unpaired) electrons. The molecule has 166 valence electrons. The number of amides is 1. The molecule has 0 bridgehead atoms. The number of carbonyl (C=O) groups is 1. The van der Waals surface area contributed by atoms with Crippen molar-refractivity contribution in [3.8, 4) is 0 Å². The number of hydrogen-bond donors (Lipinski definition) is 0. The van der Waals surface area contributed by atoms with E-state index in [0.29, 0.717) is 4.68 Å². The first-order valence-corrected chi connectivity index (χ1v) is 10.4. The minimum Gasteiger partial charge on any atom is -0.338 e. The third-order valence-corrected chi connectivity index (χ3v) is 6.80. The van der Waals surface area contributed by atoms with Crippen molar-refractivity contribution in [1.82, 2.24) is 28.8 Å². The number of carbonyl (C=O) groups excluding carboxylic acids is 1. The van der Waals surface area contributed by atoms with E-state index in [1.807, 2.05) is 0 Å². The van der Waals surface area contributed by atoms with Gasteiger partial charge in [0.1, 0.15) is 22.8 Å². The van der Waals surface area contributed by atoms with E-state index in [0.717, 1.165) is 0 Å². The first-order chi connectivity index (χ1) is 14.0.